The average molecular weight is 284 g/mol. The van der Waals surface area contributed by atoms with Crippen molar-refractivity contribution in [3.8, 4) is 0 Å². The molecule has 0 heterocycles. The first-order valence-electron chi connectivity index (χ1n) is 7.73. The number of benzene rings is 2. The average Bonchev–Trinajstić information content (AvgIpc) is 2.52. The molecule has 114 valence electrons. The van der Waals surface area contributed by atoms with Gasteiger partial charge < -0.3 is 11.5 Å². The lowest BCUT2D eigenvalue weighted by Gasteiger charge is -1.99. The van der Waals surface area contributed by atoms with Crippen molar-refractivity contribution in [2.24, 2.45) is 11.5 Å². The van der Waals surface area contributed by atoms with Crippen LogP contribution in [0, 0.1) is 6.92 Å². The van der Waals surface area contributed by atoms with Crippen LogP contribution < -0.4 is 11.5 Å². The van der Waals surface area contributed by atoms with Gasteiger partial charge in [-0.3, -0.25) is 0 Å². The molecule has 2 rings (SSSR count). The topological polar surface area (TPSA) is 52.0 Å². The highest BCUT2D eigenvalue weighted by Gasteiger charge is 1.90. The largest absolute Gasteiger partial charge is 0.330 e. The lowest BCUT2D eigenvalue weighted by molar-refractivity contribution is 0.965. The second kappa shape index (κ2) is 10.1. The molecule has 2 aromatic carbocycles. The van der Waals surface area contributed by atoms with Crippen LogP contribution in [0.15, 0.2) is 48.5 Å². The molecular weight excluding hydrogens is 256 g/mol. The van der Waals surface area contributed by atoms with Gasteiger partial charge in [-0.15, -0.1) is 0 Å². The van der Waals surface area contributed by atoms with Crippen molar-refractivity contribution in [3.05, 3.63) is 70.8 Å². The van der Waals surface area contributed by atoms with Crippen molar-refractivity contribution >= 4 is 0 Å². The summed E-state index contributed by atoms with van der Waals surface area (Å²) in [5.41, 5.74) is 16.2. The minimum absolute atomic E-state index is 0.739. The predicted molar refractivity (Wildman–Crippen MR) is 92.5 cm³/mol. The van der Waals surface area contributed by atoms with Crippen molar-refractivity contribution in [3.63, 3.8) is 0 Å². The maximum absolute atomic E-state index is 5.43. The van der Waals surface area contributed by atoms with Crippen LogP contribution in [0.4, 0.5) is 0 Å². The van der Waals surface area contributed by atoms with Gasteiger partial charge in [0.25, 0.3) is 0 Å². The number of hydrogen-bond acceptors (Lipinski definition) is 2. The van der Waals surface area contributed by atoms with Crippen LogP contribution in [-0.2, 0) is 19.3 Å². The van der Waals surface area contributed by atoms with E-state index in [1.165, 1.54) is 22.3 Å². The lowest BCUT2D eigenvalue weighted by atomic mass is 10.1. The van der Waals surface area contributed by atoms with Gasteiger partial charge in [-0.05, 0) is 56.0 Å². The van der Waals surface area contributed by atoms with Gasteiger partial charge in [0.05, 0.1) is 0 Å². The third-order valence-corrected chi connectivity index (χ3v) is 3.42. The Bertz CT molecular complexity index is 486. The zero-order chi connectivity index (χ0) is 15.5. The second-order valence-electron chi connectivity index (χ2n) is 5.23. The van der Waals surface area contributed by atoms with E-state index < -0.39 is 0 Å². The lowest BCUT2D eigenvalue weighted by Crippen LogP contribution is -2.02. The third-order valence-electron chi connectivity index (χ3n) is 3.42. The van der Waals surface area contributed by atoms with Crippen molar-refractivity contribution in [1.29, 1.82) is 0 Å². The molecule has 0 unspecified atom stereocenters. The van der Waals surface area contributed by atoms with Crippen LogP contribution in [0.1, 0.15) is 29.2 Å². The van der Waals surface area contributed by atoms with E-state index >= 15 is 0 Å². The van der Waals surface area contributed by atoms with E-state index in [0.29, 0.717) is 0 Å². The molecule has 4 N–H and O–H groups in total. The molecule has 2 nitrogen and oxygen atoms in total. The van der Waals surface area contributed by atoms with Crippen LogP contribution in [-0.4, -0.2) is 13.1 Å². The maximum Gasteiger partial charge on any atom is -0.00367 e. The summed E-state index contributed by atoms with van der Waals surface area (Å²) in [4.78, 5) is 0. The molecule has 0 aliphatic heterocycles. The number of hydrogen-bond donors (Lipinski definition) is 2. The summed E-state index contributed by atoms with van der Waals surface area (Å²) in [5.74, 6) is 0. The van der Waals surface area contributed by atoms with Gasteiger partial charge in [0, 0.05) is 0 Å². The monoisotopic (exact) mass is 284 g/mol. The molecular formula is C19H28N2. The molecule has 0 saturated heterocycles. The van der Waals surface area contributed by atoms with Gasteiger partial charge in [0.2, 0.25) is 0 Å². The number of nitrogens with two attached hydrogens (primary N) is 2. The summed E-state index contributed by atoms with van der Waals surface area (Å²) in [6, 6.07) is 17.1. The highest BCUT2D eigenvalue weighted by molar-refractivity contribution is 5.22. The Labute approximate surface area is 129 Å². The minimum Gasteiger partial charge on any atom is -0.330 e. The molecule has 0 saturated carbocycles. The van der Waals surface area contributed by atoms with Gasteiger partial charge in [0.1, 0.15) is 0 Å². The van der Waals surface area contributed by atoms with Gasteiger partial charge in [-0.25, -0.2) is 0 Å². The van der Waals surface area contributed by atoms with E-state index in [2.05, 4.69) is 62.4 Å². The number of rotatable bonds is 5. The van der Waals surface area contributed by atoms with Crippen LogP contribution in [0.25, 0.3) is 0 Å². The molecule has 0 amide bonds. The first-order valence-corrected chi connectivity index (χ1v) is 7.73. The second-order valence-corrected chi connectivity index (χ2v) is 5.23. The van der Waals surface area contributed by atoms with E-state index in [1.807, 2.05) is 0 Å². The van der Waals surface area contributed by atoms with E-state index in [0.717, 1.165) is 32.4 Å². The van der Waals surface area contributed by atoms with Crippen LogP contribution in [0.2, 0.25) is 0 Å². The summed E-state index contributed by atoms with van der Waals surface area (Å²) in [6.07, 6.45) is 3.09. The number of aryl methyl sites for hydroxylation is 2. The molecule has 21 heavy (non-hydrogen) atoms. The van der Waals surface area contributed by atoms with E-state index in [-0.39, 0.29) is 0 Å². The molecule has 0 radical (unpaired) electrons. The van der Waals surface area contributed by atoms with Crippen LogP contribution >= 0.6 is 0 Å². The fourth-order valence-electron chi connectivity index (χ4n) is 2.03. The summed E-state index contributed by atoms with van der Waals surface area (Å²) in [5, 5.41) is 0. The SMILES string of the molecule is CCc1ccc(CCN)cc1.Cc1ccc(CCN)cc1. The predicted octanol–water partition coefficient (Wildman–Crippen LogP) is 3.25. The quantitative estimate of drug-likeness (QED) is 0.885. The van der Waals surface area contributed by atoms with Gasteiger partial charge in [0.15, 0.2) is 0 Å². The summed E-state index contributed by atoms with van der Waals surface area (Å²) in [7, 11) is 0. The zero-order valence-corrected chi connectivity index (χ0v) is 13.3. The molecule has 0 bridgehead atoms. The van der Waals surface area contributed by atoms with Crippen molar-refractivity contribution in [2.75, 3.05) is 13.1 Å². The van der Waals surface area contributed by atoms with Crippen molar-refractivity contribution in [1.82, 2.24) is 0 Å². The van der Waals surface area contributed by atoms with E-state index in [1.54, 1.807) is 0 Å². The molecule has 2 aromatic rings. The Morgan fingerprint density at radius 2 is 1.05 bits per heavy atom. The van der Waals surface area contributed by atoms with Crippen LogP contribution in [0.3, 0.4) is 0 Å². The Kier molecular flexibility index (Phi) is 8.41. The van der Waals surface area contributed by atoms with Gasteiger partial charge >= 0.3 is 0 Å². The molecule has 0 aliphatic rings. The third kappa shape index (κ3) is 7.07. The standard InChI is InChI=1S/C10H15N.C9H13N/c1-2-9-3-5-10(6-4-9)7-8-11;1-8-2-4-9(5-3-8)6-7-10/h3-6H,2,7-8,11H2,1H3;2-5H,6-7,10H2,1H3. The molecule has 0 aromatic heterocycles. The van der Waals surface area contributed by atoms with Crippen molar-refractivity contribution < 1.29 is 0 Å². The molecule has 0 atom stereocenters. The summed E-state index contributed by atoms with van der Waals surface area (Å²) in [6.45, 7) is 5.73. The summed E-state index contributed by atoms with van der Waals surface area (Å²) < 4.78 is 0. The maximum atomic E-state index is 5.43. The first kappa shape index (κ1) is 17.4. The Hall–Kier alpha value is -1.64. The van der Waals surface area contributed by atoms with E-state index in [4.69, 9.17) is 11.5 Å². The van der Waals surface area contributed by atoms with Crippen molar-refractivity contribution in [2.45, 2.75) is 33.1 Å². The first-order chi connectivity index (χ1) is 10.2. The Morgan fingerprint density at radius 1 is 0.667 bits per heavy atom. The highest BCUT2D eigenvalue weighted by Crippen LogP contribution is 2.04. The fraction of sp³-hybridized carbons (Fsp3) is 0.368. The van der Waals surface area contributed by atoms with Crippen LogP contribution in [0.5, 0.6) is 0 Å². The summed E-state index contributed by atoms with van der Waals surface area (Å²) >= 11 is 0. The minimum atomic E-state index is 0.739. The Balaban J connectivity index is 0.000000211. The molecule has 0 aliphatic carbocycles. The zero-order valence-electron chi connectivity index (χ0n) is 13.3. The molecule has 0 spiro atoms. The smallest absolute Gasteiger partial charge is 0.00367 e. The van der Waals surface area contributed by atoms with E-state index in [9.17, 15) is 0 Å². The van der Waals surface area contributed by atoms with Gasteiger partial charge in [-0.1, -0.05) is 61.0 Å². The van der Waals surface area contributed by atoms with Gasteiger partial charge in [-0.2, -0.15) is 0 Å². The normalized spacial score (nSPS) is 9.90. The fourth-order valence-corrected chi connectivity index (χ4v) is 2.03. The highest BCUT2D eigenvalue weighted by atomic mass is 14.5. The molecule has 0 fully saturated rings. The Morgan fingerprint density at radius 3 is 1.43 bits per heavy atom. The molecule has 2 heteroatoms.